The van der Waals surface area contributed by atoms with Crippen molar-refractivity contribution in [3.05, 3.63) is 72.3 Å². The molecule has 0 unspecified atom stereocenters. The van der Waals surface area contributed by atoms with Crippen molar-refractivity contribution in [1.82, 2.24) is 10.0 Å². The Morgan fingerprint density at radius 1 is 0.806 bits per heavy atom. The molecule has 0 bridgehead atoms. The first-order valence-corrected chi connectivity index (χ1v) is 10.7. The predicted octanol–water partition coefficient (Wildman–Crippen LogP) is 3.38. The highest BCUT2D eigenvalue weighted by Gasteiger charge is 2.62. The zero-order chi connectivity index (χ0) is 21.1. The molecule has 3 saturated heterocycles. The molecule has 3 heterocycles. The van der Waals surface area contributed by atoms with Gasteiger partial charge in [0.15, 0.2) is 0 Å². The third-order valence-electron chi connectivity index (χ3n) is 6.87. The fraction of sp³-hybridized carbons (Fsp3) is 0.280. The predicted molar refractivity (Wildman–Crippen MR) is 117 cm³/mol. The highest BCUT2D eigenvalue weighted by atomic mass is 16.5. The van der Waals surface area contributed by atoms with E-state index in [0.717, 1.165) is 41.6 Å². The second-order valence-electron chi connectivity index (χ2n) is 8.38. The molecule has 6 rings (SSSR count). The fourth-order valence-corrected chi connectivity index (χ4v) is 5.56. The van der Waals surface area contributed by atoms with Gasteiger partial charge in [-0.3, -0.25) is 9.59 Å². The van der Waals surface area contributed by atoms with Gasteiger partial charge in [-0.2, -0.15) is 0 Å². The molecule has 2 amide bonds. The van der Waals surface area contributed by atoms with E-state index in [1.54, 1.807) is 7.11 Å². The average molecular weight is 413 g/mol. The Bertz CT molecular complexity index is 1190. The van der Waals surface area contributed by atoms with Crippen molar-refractivity contribution in [3.8, 4) is 5.75 Å². The van der Waals surface area contributed by atoms with Crippen LogP contribution in [0.4, 0.5) is 5.69 Å². The van der Waals surface area contributed by atoms with E-state index < -0.39 is 12.0 Å². The monoisotopic (exact) mass is 413 g/mol. The number of carbonyl (C=O) groups is 2. The summed E-state index contributed by atoms with van der Waals surface area (Å²) in [6.07, 6.45) is 0.992. The first-order valence-electron chi connectivity index (χ1n) is 10.7. The molecule has 6 nitrogen and oxygen atoms in total. The molecule has 0 radical (unpaired) electrons. The van der Waals surface area contributed by atoms with Crippen LogP contribution in [0.25, 0.3) is 10.8 Å². The maximum atomic E-state index is 13.8. The van der Waals surface area contributed by atoms with Gasteiger partial charge in [-0.25, -0.2) is 14.9 Å². The van der Waals surface area contributed by atoms with Crippen molar-refractivity contribution in [2.45, 2.75) is 18.5 Å². The van der Waals surface area contributed by atoms with Crippen LogP contribution < -0.4 is 9.64 Å². The second kappa shape index (κ2) is 6.90. The average Bonchev–Trinajstić information content (AvgIpc) is 3.46. The molecule has 3 aromatic carbocycles. The quantitative estimate of drug-likeness (QED) is 0.616. The zero-order valence-electron chi connectivity index (χ0n) is 17.3. The number of fused-ring (bicyclic) bond motifs is 4. The summed E-state index contributed by atoms with van der Waals surface area (Å²) in [6, 6.07) is 21.0. The van der Waals surface area contributed by atoms with E-state index in [4.69, 9.17) is 4.74 Å². The molecule has 6 heteroatoms. The van der Waals surface area contributed by atoms with Gasteiger partial charge in [0.05, 0.1) is 24.8 Å². The Labute approximate surface area is 180 Å². The van der Waals surface area contributed by atoms with E-state index in [9.17, 15) is 9.59 Å². The molecule has 0 saturated carbocycles. The summed E-state index contributed by atoms with van der Waals surface area (Å²) in [6.45, 7) is 1.66. The largest absolute Gasteiger partial charge is 0.497 e. The summed E-state index contributed by atoms with van der Waals surface area (Å²) >= 11 is 0. The molecule has 31 heavy (non-hydrogen) atoms. The van der Waals surface area contributed by atoms with E-state index in [2.05, 4.69) is 10.0 Å². The van der Waals surface area contributed by atoms with Crippen LogP contribution >= 0.6 is 0 Å². The highest BCUT2D eigenvalue weighted by molar-refractivity contribution is 6.26. The molecule has 3 aliphatic heterocycles. The SMILES string of the molecule is COc1ccc([C@H]2[C@@H]3C(=O)N(c4cccc5ccccc45)C(=O)[C@H]3N3CCCN23)cc1. The number of hydrogen-bond acceptors (Lipinski definition) is 5. The summed E-state index contributed by atoms with van der Waals surface area (Å²) in [7, 11) is 1.64. The Balaban J connectivity index is 1.46. The molecular weight excluding hydrogens is 390 g/mol. The van der Waals surface area contributed by atoms with Gasteiger partial charge < -0.3 is 4.74 Å². The summed E-state index contributed by atoms with van der Waals surface area (Å²) < 4.78 is 5.31. The van der Waals surface area contributed by atoms with E-state index >= 15 is 0 Å². The summed E-state index contributed by atoms with van der Waals surface area (Å²) in [4.78, 5) is 28.9. The molecule has 0 aromatic heterocycles. The number of imide groups is 1. The fourth-order valence-electron chi connectivity index (χ4n) is 5.56. The Kier molecular flexibility index (Phi) is 4.13. The number of carbonyl (C=O) groups excluding carboxylic acids is 2. The Morgan fingerprint density at radius 3 is 2.29 bits per heavy atom. The molecular formula is C25H23N3O3. The van der Waals surface area contributed by atoms with Crippen LogP contribution in [0, 0.1) is 5.92 Å². The molecule has 3 atom stereocenters. The Hall–Kier alpha value is -3.22. The van der Waals surface area contributed by atoms with Crippen molar-refractivity contribution in [3.63, 3.8) is 0 Å². The van der Waals surface area contributed by atoms with Crippen LogP contribution in [0.2, 0.25) is 0 Å². The number of methoxy groups -OCH3 is 1. The lowest BCUT2D eigenvalue weighted by Crippen LogP contribution is -2.44. The van der Waals surface area contributed by atoms with Crippen molar-refractivity contribution in [2.75, 3.05) is 25.1 Å². The van der Waals surface area contributed by atoms with Crippen LogP contribution in [-0.4, -0.2) is 48.1 Å². The summed E-state index contributed by atoms with van der Waals surface area (Å²) in [5.41, 5.74) is 1.72. The van der Waals surface area contributed by atoms with Crippen molar-refractivity contribution in [2.24, 2.45) is 5.92 Å². The number of nitrogens with zero attached hydrogens (tertiary/aromatic N) is 3. The zero-order valence-corrected chi connectivity index (χ0v) is 17.3. The van der Waals surface area contributed by atoms with Gasteiger partial charge in [-0.1, -0.05) is 48.5 Å². The van der Waals surface area contributed by atoms with Gasteiger partial charge in [0, 0.05) is 18.5 Å². The third-order valence-corrected chi connectivity index (χ3v) is 6.87. The maximum absolute atomic E-state index is 13.8. The molecule has 0 spiro atoms. The number of amides is 2. The molecule has 156 valence electrons. The van der Waals surface area contributed by atoms with Crippen LogP contribution in [0.1, 0.15) is 18.0 Å². The van der Waals surface area contributed by atoms with Crippen LogP contribution in [0.3, 0.4) is 0 Å². The second-order valence-corrected chi connectivity index (χ2v) is 8.38. The van der Waals surface area contributed by atoms with Crippen molar-refractivity contribution >= 4 is 28.3 Å². The van der Waals surface area contributed by atoms with E-state index in [-0.39, 0.29) is 17.9 Å². The van der Waals surface area contributed by atoms with Gasteiger partial charge in [-0.15, -0.1) is 0 Å². The van der Waals surface area contributed by atoms with Gasteiger partial charge >= 0.3 is 0 Å². The van der Waals surface area contributed by atoms with Gasteiger partial charge in [0.25, 0.3) is 5.91 Å². The van der Waals surface area contributed by atoms with E-state index in [0.29, 0.717) is 5.69 Å². The molecule has 3 fully saturated rings. The minimum atomic E-state index is -0.443. The number of hydrazine groups is 1. The lowest BCUT2D eigenvalue weighted by atomic mass is 9.90. The first-order chi connectivity index (χ1) is 15.2. The minimum absolute atomic E-state index is 0.110. The van der Waals surface area contributed by atoms with Crippen molar-refractivity contribution in [1.29, 1.82) is 0 Å². The molecule has 3 aromatic rings. The number of hydrogen-bond donors (Lipinski definition) is 0. The van der Waals surface area contributed by atoms with Crippen LogP contribution in [0.5, 0.6) is 5.75 Å². The summed E-state index contributed by atoms with van der Waals surface area (Å²) in [5.74, 6) is 0.138. The number of rotatable bonds is 3. The van der Waals surface area contributed by atoms with E-state index in [1.165, 1.54) is 4.90 Å². The number of ether oxygens (including phenoxy) is 1. The van der Waals surface area contributed by atoms with Crippen LogP contribution in [-0.2, 0) is 9.59 Å². The van der Waals surface area contributed by atoms with Gasteiger partial charge in [0.2, 0.25) is 5.91 Å². The highest BCUT2D eigenvalue weighted by Crippen LogP contribution is 2.49. The molecule has 0 aliphatic carbocycles. The first kappa shape index (κ1) is 18.5. The maximum Gasteiger partial charge on any atom is 0.253 e. The Morgan fingerprint density at radius 2 is 1.52 bits per heavy atom. The van der Waals surface area contributed by atoms with Crippen LogP contribution in [0.15, 0.2) is 66.7 Å². The summed E-state index contributed by atoms with van der Waals surface area (Å²) in [5, 5.41) is 6.30. The van der Waals surface area contributed by atoms with Crippen molar-refractivity contribution < 1.29 is 14.3 Å². The third kappa shape index (κ3) is 2.58. The normalized spacial score (nSPS) is 26.0. The van der Waals surface area contributed by atoms with Gasteiger partial charge in [-0.05, 0) is 35.6 Å². The standard InChI is InChI=1S/C25H23N3O3/c1-31-18-12-10-17(11-13-18)22-21-23(27-15-5-14-26(22)27)25(30)28(24(21)29)20-9-4-7-16-6-2-3-8-19(16)20/h2-4,6-13,21-23H,5,14-15H2,1H3/t21-,22-,23-/m0/s1. The smallest absolute Gasteiger partial charge is 0.253 e. The number of anilines is 1. The minimum Gasteiger partial charge on any atom is -0.497 e. The number of benzene rings is 3. The lowest BCUT2D eigenvalue weighted by molar-refractivity contribution is -0.126. The van der Waals surface area contributed by atoms with Gasteiger partial charge in [0.1, 0.15) is 11.8 Å². The molecule has 0 N–H and O–H groups in total. The molecule has 3 aliphatic rings. The topological polar surface area (TPSA) is 53.1 Å². The lowest BCUT2D eigenvalue weighted by Gasteiger charge is -2.30. The van der Waals surface area contributed by atoms with E-state index in [1.807, 2.05) is 66.7 Å².